The van der Waals surface area contributed by atoms with E-state index in [0.29, 0.717) is 30.6 Å². The fourth-order valence-electron chi connectivity index (χ4n) is 3.23. The molecular formula is C16H19Cl2NO2. The third-order valence-corrected chi connectivity index (χ3v) is 5.21. The van der Waals surface area contributed by atoms with Crippen molar-refractivity contribution in [2.24, 2.45) is 0 Å². The lowest BCUT2D eigenvalue weighted by Crippen LogP contribution is -2.56. The van der Waals surface area contributed by atoms with Gasteiger partial charge in [0.1, 0.15) is 0 Å². The number of hydrogen-bond donors (Lipinski definition) is 0. The van der Waals surface area contributed by atoms with Crippen molar-refractivity contribution >= 4 is 29.1 Å². The quantitative estimate of drug-likeness (QED) is 0.798. The third-order valence-electron chi connectivity index (χ3n) is 4.61. The highest BCUT2D eigenvalue weighted by Gasteiger charge is 2.48. The molecule has 0 bridgehead atoms. The Morgan fingerprint density at radius 3 is 2.62 bits per heavy atom. The van der Waals surface area contributed by atoms with Crippen LogP contribution >= 0.6 is 23.2 Å². The fourth-order valence-corrected chi connectivity index (χ4v) is 3.54. The number of halogens is 2. The zero-order valence-corrected chi connectivity index (χ0v) is 13.4. The average molecular weight is 328 g/mol. The lowest BCUT2D eigenvalue weighted by Gasteiger charge is -2.45. The number of morpholine rings is 1. The molecule has 2 aliphatic rings. The number of amides is 1. The summed E-state index contributed by atoms with van der Waals surface area (Å²) in [5, 5.41) is 0.703. The molecule has 0 N–H and O–H groups in total. The molecule has 5 heteroatoms. The van der Waals surface area contributed by atoms with Crippen LogP contribution in [0, 0.1) is 0 Å². The van der Waals surface area contributed by atoms with Crippen LogP contribution < -0.4 is 0 Å². The lowest BCUT2D eigenvalue weighted by atomic mass is 9.63. The van der Waals surface area contributed by atoms with Crippen molar-refractivity contribution in [3.05, 3.63) is 34.9 Å². The molecule has 1 aromatic carbocycles. The molecule has 1 aromatic rings. The number of carbonyl (C=O) groups excluding carboxylic acids is 1. The van der Waals surface area contributed by atoms with E-state index in [1.807, 2.05) is 29.2 Å². The first kappa shape index (κ1) is 15.1. The molecule has 1 aliphatic heterocycles. The molecule has 1 aliphatic carbocycles. The fraction of sp³-hybridized carbons (Fsp3) is 0.562. The van der Waals surface area contributed by atoms with Gasteiger partial charge in [-0.3, -0.25) is 4.79 Å². The van der Waals surface area contributed by atoms with E-state index in [9.17, 15) is 4.79 Å². The van der Waals surface area contributed by atoms with Gasteiger partial charge in [0, 0.05) is 18.1 Å². The molecule has 114 valence electrons. The number of benzene rings is 1. The minimum absolute atomic E-state index is 0.0493. The van der Waals surface area contributed by atoms with Crippen LogP contribution in [0.3, 0.4) is 0 Å². The summed E-state index contributed by atoms with van der Waals surface area (Å²) < 4.78 is 5.55. The Morgan fingerprint density at radius 2 is 2.05 bits per heavy atom. The van der Waals surface area contributed by atoms with Crippen LogP contribution in [0.4, 0.5) is 0 Å². The molecule has 1 saturated heterocycles. The Labute approximate surface area is 135 Å². The average Bonchev–Trinajstić information content (AvgIpc) is 2.48. The van der Waals surface area contributed by atoms with Gasteiger partial charge in [-0.05, 0) is 30.5 Å². The monoisotopic (exact) mass is 327 g/mol. The van der Waals surface area contributed by atoms with Gasteiger partial charge in [-0.15, -0.1) is 11.6 Å². The third kappa shape index (κ3) is 2.79. The van der Waals surface area contributed by atoms with Crippen LogP contribution in [0.25, 0.3) is 0 Å². The van der Waals surface area contributed by atoms with Gasteiger partial charge in [0.2, 0.25) is 5.91 Å². The van der Waals surface area contributed by atoms with Crippen molar-refractivity contribution in [3.8, 4) is 0 Å². The Bertz CT molecular complexity index is 514. The van der Waals surface area contributed by atoms with Crippen LogP contribution in [-0.4, -0.2) is 42.5 Å². The smallest absolute Gasteiger partial charge is 0.233 e. The molecular weight excluding hydrogens is 309 g/mol. The van der Waals surface area contributed by atoms with E-state index in [1.54, 1.807) is 0 Å². The standard InChI is InChI=1S/C16H19Cl2NO2/c17-10-14-11-19(8-9-21-14)15(20)16(6-1-7-16)12-2-4-13(18)5-3-12/h2-5,14H,1,6-11H2. The molecule has 2 fully saturated rings. The number of ether oxygens (including phenoxy) is 1. The first-order chi connectivity index (χ1) is 10.2. The molecule has 1 heterocycles. The van der Waals surface area contributed by atoms with Gasteiger partial charge in [-0.25, -0.2) is 0 Å². The summed E-state index contributed by atoms with van der Waals surface area (Å²) >= 11 is 11.8. The molecule has 1 amide bonds. The maximum atomic E-state index is 13.0. The van der Waals surface area contributed by atoms with Crippen LogP contribution in [-0.2, 0) is 14.9 Å². The Kier molecular flexibility index (Phi) is 4.43. The van der Waals surface area contributed by atoms with E-state index < -0.39 is 0 Å². The van der Waals surface area contributed by atoms with Crippen molar-refractivity contribution in [3.63, 3.8) is 0 Å². The molecule has 21 heavy (non-hydrogen) atoms. The van der Waals surface area contributed by atoms with Crippen molar-refractivity contribution in [2.45, 2.75) is 30.8 Å². The van der Waals surface area contributed by atoms with Crippen molar-refractivity contribution in [1.82, 2.24) is 4.90 Å². The lowest BCUT2D eigenvalue weighted by molar-refractivity contribution is -0.147. The van der Waals surface area contributed by atoms with Gasteiger partial charge in [-0.2, -0.15) is 0 Å². The summed E-state index contributed by atoms with van der Waals surface area (Å²) in [6.45, 7) is 1.82. The molecule has 1 unspecified atom stereocenters. The highest BCUT2D eigenvalue weighted by atomic mass is 35.5. The number of alkyl halides is 1. The predicted molar refractivity (Wildman–Crippen MR) is 84.0 cm³/mol. The Morgan fingerprint density at radius 1 is 1.33 bits per heavy atom. The highest BCUT2D eigenvalue weighted by Crippen LogP contribution is 2.45. The van der Waals surface area contributed by atoms with Crippen molar-refractivity contribution in [2.75, 3.05) is 25.6 Å². The maximum Gasteiger partial charge on any atom is 0.233 e. The highest BCUT2D eigenvalue weighted by molar-refractivity contribution is 6.30. The minimum Gasteiger partial charge on any atom is -0.373 e. The van der Waals surface area contributed by atoms with Crippen LogP contribution in [0.2, 0.25) is 5.02 Å². The molecule has 0 spiro atoms. The number of hydrogen-bond acceptors (Lipinski definition) is 2. The zero-order chi connectivity index (χ0) is 14.9. The van der Waals surface area contributed by atoms with Gasteiger partial charge in [0.15, 0.2) is 0 Å². The first-order valence-electron chi connectivity index (χ1n) is 7.39. The molecule has 1 atom stereocenters. The number of rotatable bonds is 3. The van der Waals surface area contributed by atoms with Gasteiger partial charge in [0.05, 0.1) is 24.0 Å². The number of nitrogens with zero attached hydrogens (tertiary/aromatic N) is 1. The van der Waals surface area contributed by atoms with Gasteiger partial charge in [-0.1, -0.05) is 30.2 Å². The van der Waals surface area contributed by atoms with E-state index >= 15 is 0 Å². The maximum absolute atomic E-state index is 13.0. The number of carbonyl (C=O) groups is 1. The van der Waals surface area contributed by atoms with E-state index in [2.05, 4.69) is 0 Å². The molecule has 0 radical (unpaired) electrons. The Balaban J connectivity index is 1.82. The van der Waals surface area contributed by atoms with Gasteiger partial charge >= 0.3 is 0 Å². The Hall–Kier alpha value is -0.770. The van der Waals surface area contributed by atoms with Gasteiger partial charge < -0.3 is 9.64 Å². The van der Waals surface area contributed by atoms with Gasteiger partial charge in [0.25, 0.3) is 0 Å². The van der Waals surface area contributed by atoms with E-state index in [4.69, 9.17) is 27.9 Å². The topological polar surface area (TPSA) is 29.5 Å². The second-order valence-corrected chi connectivity index (χ2v) is 6.59. The largest absolute Gasteiger partial charge is 0.373 e. The summed E-state index contributed by atoms with van der Waals surface area (Å²) in [5.41, 5.74) is 0.718. The van der Waals surface area contributed by atoms with E-state index in [0.717, 1.165) is 24.8 Å². The molecule has 3 nitrogen and oxygen atoms in total. The first-order valence-corrected chi connectivity index (χ1v) is 8.30. The molecule has 1 saturated carbocycles. The van der Waals surface area contributed by atoms with Crippen molar-refractivity contribution in [1.29, 1.82) is 0 Å². The zero-order valence-electron chi connectivity index (χ0n) is 11.9. The summed E-state index contributed by atoms with van der Waals surface area (Å²) in [6, 6.07) is 7.70. The van der Waals surface area contributed by atoms with Crippen molar-refractivity contribution < 1.29 is 9.53 Å². The molecule has 3 rings (SSSR count). The summed E-state index contributed by atoms with van der Waals surface area (Å²) in [6.07, 6.45) is 2.87. The molecule has 0 aromatic heterocycles. The van der Waals surface area contributed by atoms with Crippen LogP contribution in [0.15, 0.2) is 24.3 Å². The van der Waals surface area contributed by atoms with E-state index in [1.165, 1.54) is 0 Å². The minimum atomic E-state index is -0.362. The van der Waals surface area contributed by atoms with Crippen LogP contribution in [0.1, 0.15) is 24.8 Å². The van der Waals surface area contributed by atoms with Crippen LogP contribution in [0.5, 0.6) is 0 Å². The normalized spacial score (nSPS) is 24.5. The summed E-state index contributed by atoms with van der Waals surface area (Å²) in [5.74, 6) is 0.645. The second-order valence-electron chi connectivity index (χ2n) is 5.84. The second kappa shape index (κ2) is 6.15. The SMILES string of the molecule is O=C(N1CCOC(CCl)C1)C1(c2ccc(Cl)cc2)CCC1. The summed E-state index contributed by atoms with van der Waals surface area (Å²) in [7, 11) is 0. The predicted octanol–water partition coefficient (Wildman–Crippen LogP) is 3.23. The summed E-state index contributed by atoms with van der Waals surface area (Å²) in [4.78, 5) is 15.0. The van der Waals surface area contributed by atoms with E-state index in [-0.39, 0.29) is 17.4 Å².